The second-order valence-corrected chi connectivity index (χ2v) is 5.17. The Kier molecular flexibility index (Phi) is 4.01. The Bertz CT molecular complexity index is 447. The minimum absolute atomic E-state index is 0.174. The van der Waals surface area contributed by atoms with Crippen LogP contribution in [0.3, 0.4) is 0 Å². The molecular formula is C13H19N3O3. The van der Waals surface area contributed by atoms with Gasteiger partial charge in [-0.3, -0.25) is 0 Å². The number of pyridine rings is 1. The average molecular weight is 265 g/mol. The van der Waals surface area contributed by atoms with Crippen molar-refractivity contribution in [2.45, 2.75) is 18.6 Å². The van der Waals surface area contributed by atoms with Gasteiger partial charge in [0.05, 0.1) is 11.7 Å². The van der Waals surface area contributed by atoms with Gasteiger partial charge in [-0.25, -0.2) is 9.78 Å². The molecule has 6 nitrogen and oxygen atoms in total. The van der Waals surface area contributed by atoms with Crippen molar-refractivity contribution in [3.8, 4) is 0 Å². The smallest absolute Gasteiger partial charge is 0.337 e. The highest BCUT2D eigenvalue weighted by Crippen LogP contribution is 2.24. The molecule has 1 saturated heterocycles. The van der Waals surface area contributed by atoms with Gasteiger partial charge in [-0.05, 0) is 32.6 Å². The van der Waals surface area contributed by atoms with Crippen LogP contribution in [-0.4, -0.2) is 65.4 Å². The molecule has 2 atom stereocenters. The van der Waals surface area contributed by atoms with E-state index in [2.05, 4.69) is 9.88 Å². The van der Waals surface area contributed by atoms with Crippen LogP contribution in [0.1, 0.15) is 16.8 Å². The van der Waals surface area contributed by atoms with Crippen molar-refractivity contribution in [2.75, 3.05) is 32.1 Å². The molecule has 0 amide bonds. The van der Waals surface area contributed by atoms with E-state index in [-0.39, 0.29) is 17.7 Å². The molecule has 0 aliphatic carbocycles. The third-order valence-corrected chi connectivity index (χ3v) is 3.26. The summed E-state index contributed by atoms with van der Waals surface area (Å²) in [4.78, 5) is 19.1. The first-order valence-electron chi connectivity index (χ1n) is 6.26. The lowest BCUT2D eigenvalue weighted by molar-refractivity contribution is 0.0696. The molecule has 0 spiro atoms. The highest BCUT2D eigenvalue weighted by atomic mass is 16.4. The van der Waals surface area contributed by atoms with Crippen LogP contribution >= 0.6 is 0 Å². The predicted octanol–water partition coefficient (Wildman–Crippen LogP) is 0.281. The molecule has 1 aliphatic heterocycles. The highest BCUT2D eigenvalue weighted by molar-refractivity contribution is 5.87. The second-order valence-electron chi connectivity index (χ2n) is 5.17. The third-order valence-electron chi connectivity index (χ3n) is 3.26. The minimum atomic E-state index is -0.981. The summed E-state index contributed by atoms with van der Waals surface area (Å²) in [5.74, 6) is -0.265. The first-order chi connectivity index (χ1) is 8.97. The molecule has 0 aromatic carbocycles. The summed E-state index contributed by atoms with van der Waals surface area (Å²) in [7, 11) is 3.98. The van der Waals surface area contributed by atoms with E-state index in [4.69, 9.17) is 5.11 Å². The van der Waals surface area contributed by atoms with Crippen molar-refractivity contribution < 1.29 is 15.0 Å². The van der Waals surface area contributed by atoms with E-state index in [1.807, 2.05) is 19.0 Å². The number of anilines is 1. The van der Waals surface area contributed by atoms with Gasteiger partial charge in [-0.2, -0.15) is 0 Å². The summed E-state index contributed by atoms with van der Waals surface area (Å²) in [5, 5.41) is 18.7. The zero-order chi connectivity index (χ0) is 14.0. The van der Waals surface area contributed by atoms with Crippen LogP contribution < -0.4 is 4.90 Å². The molecule has 2 unspecified atom stereocenters. The van der Waals surface area contributed by atoms with Gasteiger partial charge in [0.15, 0.2) is 0 Å². The molecule has 19 heavy (non-hydrogen) atoms. The summed E-state index contributed by atoms with van der Waals surface area (Å²) < 4.78 is 0. The Hall–Kier alpha value is -1.66. The third kappa shape index (κ3) is 3.21. The lowest BCUT2D eigenvalue weighted by Crippen LogP contribution is -2.38. The first-order valence-corrected chi connectivity index (χ1v) is 6.26. The van der Waals surface area contributed by atoms with E-state index in [0.717, 1.165) is 6.54 Å². The number of hydrogen-bond acceptors (Lipinski definition) is 5. The maximum atomic E-state index is 10.8. The lowest BCUT2D eigenvalue weighted by Gasteiger charge is -2.27. The Morgan fingerprint density at radius 3 is 2.79 bits per heavy atom. The number of nitrogens with zero attached hydrogens (tertiary/aromatic N) is 3. The van der Waals surface area contributed by atoms with Crippen LogP contribution in [0.15, 0.2) is 18.3 Å². The number of β-amino-alcohol motifs (C(OH)–C–C–N with tert-alkyl or cyclic N) is 1. The number of carboxylic acids is 1. The molecule has 1 aliphatic rings. The van der Waals surface area contributed by atoms with Crippen LogP contribution in [0.5, 0.6) is 0 Å². The van der Waals surface area contributed by atoms with Crippen molar-refractivity contribution >= 4 is 11.8 Å². The fourth-order valence-corrected chi connectivity index (χ4v) is 2.45. The minimum Gasteiger partial charge on any atom is -0.478 e. The zero-order valence-corrected chi connectivity index (χ0v) is 11.2. The van der Waals surface area contributed by atoms with Gasteiger partial charge in [-0.1, -0.05) is 0 Å². The first kappa shape index (κ1) is 13.8. The molecule has 1 fully saturated rings. The summed E-state index contributed by atoms with van der Waals surface area (Å²) in [6.07, 6.45) is 1.71. The number of rotatable bonds is 4. The van der Waals surface area contributed by atoms with Crippen LogP contribution in [0, 0.1) is 0 Å². The van der Waals surface area contributed by atoms with E-state index in [1.54, 1.807) is 12.1 Å². The van der Waals surface area contributed by atoms with Crippen LogP contribution in [0.4, 0.5) is 5.82 Å². The monoisotopic (exact) mass is 265 g/mol. The van der Waals surface area contributed by atoms with Crippen molar-refractivity contribution in [3.05, 3.63) is 23.9 Å². The van der Waals surface area contributed by atoms with E-state index in [1.165, 1.54) is 6.20 Å². The van der Waals surface area contributed by atoms with Crippen molar-refractivity contribution in [2.24, 2.45) is 0 Å². The van der Waals surface area contributed by atoms with Gasteiger partial charge in [0.2, 0.25) is 0 Å². The highest BCUT2D eigenvalue weighted by Gasteiger charge is 2.32. The molecule has 2 rings (SSSR count). The van der Waals surface area contributed by atoms with Crippen LogP contribution in [0.2, 0.25) is 0 Å². The number of carboxylic acid groups (broad SMARTS) is 1. The Morgan fingerprint density at radius 1 is 1.53 bits per heavy atom. The number of carbonyl (C=O) groups is 1. The Morgan fingerprint density at radius 2 is 2.26 bits per heavy atom. The van der Waals surface area contributed by atoms with Gasteiger partial charge < -0.3 is 20.0 Å². The molecule has 0 saturated carbocycles. The van der Waals surface area contributed by atoms with Gasteiger partial charge in [0.25, 0.3) is 0 Å². The van der Waals surface area contributed by atoms with Crippen molar-refractivity contribution in [1.82, 2.24) is 9.88 Å². The standard InChI is InChI=1S/C13H19N3O3/c1-15(2)7-10-5-11(17)8-16(10)12-4-3-9(6-14-12)13(18)19/h3-4,6,10-11,17H,5,7-8H2,1-2H3,(H,18,19). The summed E-state index contributed by atoms with van der Waals surface area (Å²) >= 11 is 0. The average Bonchev–Trinajstić information content (AvgIpc) is 2.69. The Balaban J connectivity index is 2.16. The quantitative estimate of drug-likeness (QED) is 0.814. The fraction of sp³-hybridized carbons (Fsp3) is 0.538. The molecule has 1 aromatic heterocycles. The lowest BCUT2D eigenvalue weighted by atomic mass is 10.2. The topological polar surface area (TPSA) is 76.9 Å². The number of aromatic nitrogens is 1. The molecule has 2 N–H and O–H groups in total. The van der Waals surface area contributed by atoms with Gasteiger partial charge >= 0.3 is 5.97 Å². The van der Waals surface area contributed by atoms with Gasteiger partial charge in [-0.15, -0.1) is 0 Å². The van der Waals surface area contributed by atoms with E-state index in [9.17, 15) is 9.90 Å². The molecule has 2 heterocycles. The van der Waals surface area contributed by atoms with Crippen molar-refractivity contribution in [1.29, 1.82) is 0 Å². The molecule has 6 heteroatoms. The number of aliphatic hydroxyl groups excluding tert-OH is 1. The van der Waals surface area contributed by atoms with E-state index >= 15 is 0 Å². The molecule has 104 valence electrons. The second kappa shape index (κ2) is 5.54. The maximum absolute atomic E-state index is 10.8. The SMILES string of the molecule is CN(C)CC1CC(O)CN1c1ccc(C(=O)O)cn1. The summed E-state index contributed by atoms with van der Waals surface area (Å²) in [6, 6.07) is 3.44. The zero-order valence-electron chi connectivity index (χ0n) is 11.2. The summed E-state index contributed by atoms with van der Waals surface area (Å²) in [6.45, 7) is 1.37. The molecular weight excluding hydrogens is 246 g/mol. The number of aromatic carboxylic acids is 1. The summed E-state index contributed by atoms with van der Waals surface area (Å²) in [5.41, 5.74) is 0.174. The van der Waals surface area contributed by atoms with Crippen LogP contribution in [-0.2, 0) is 0 Å². The molecule has 0 radical (unpaired) electrons. The Labute approximate surface area is 112 Å². The predicted molar refractivity (Wildman–Crippen MR) is 71.5 cm³/mol. The van der Waals surface area contributed by atoms with Gasteiger partial charge in [0, 0.05) is 25.3 Å². The number of aliphatic hydroxyl groups is 1. The van der Waals surface area contributed by atoms with Gasteiger partial charge in [0.1, 0.15) is 5.82 Å². The normalized spacial score (nSPS) is 23.1. The van der Waals surface area contributed by atoms with Crippen LogP contribution in [0.25, 0.3) is 0 Å². The largest absolute Gasteiger partial charge is 0.478 e. The van der Waals surface area contributed by atoms with E-state index < -0.39 is 5.97 Å². The molecule has 1 aromatic rings. The maximum Gasteiger partial charge on any atom is 0.337 e. The number of hydrogen-bond donors (Lipinski definition) is 2. The fourth-order valence-electron chi connectivity index (χ4n) is 2.45. The van der Waals surface area contributed by atoms with E-state index in [0.29, 0.717) is 18.8 Å². The van der Waals surface area contributed by atoms with Crippen molar-refractivity contribution in [3.63, 3.8) is 0 Å². The number of likely N-dealkylation sites (N-methyl/N-ethyl adjacent to an activating group) is 1. The molecule has 0 bridgehead atoms.